The van der Waals surface area contributed by atoms with Gasteiger partial charge in [-0.3, -0.25) is 74.1 Å². The quantitative estimate of drug-likeness (QED) is 0.00403. The van der Waals surface area contributed by atoms with Crippen molar-refractivity contribution in [2.24, 2.45) is 11.0 Å². The molecule has 4 saturated heterocycles. The second-order valence-corrected chi connectivity index (χ2v) is 34.0. The normalized spacial score (nSPS) is 17.9. The molecule has 0 spiro atoms. The predicted molar refractivity (Wildman–Crippen MR) is 518 cm³/mol. The molecule has 10 aromatic rings. The molecular formula is C102H110FN13O22S. The van der Waals surface area contributed by atoms with Crippen LogP contribution in [0.15, 0.2) is 256 Å². The Morgan fingerprint density at radius 3 is 1.96 bits per heavy atom. The number of methoxy groups -OCH3 is 3. The van der Waals surface area contributed by atoms with Crippen LogP contribution in [0.3, 0.4) is 0 Å². The lowest BCUT2D eigenvalue weighted by Crippen LogP contribution is -2.53. The van der Waals surface area contributed by atoms with E-state index < -0.39 is 80.0 Å². The summed E-state index contributed by atoms with van der Waals surface area (Å²) < 4.78 is 49.9. The zero-order valence-corrected chi connectivity index (χ0v) is 78.2. The maximum Gasteiger partial charge on any atom is 0.433 e. The molecule has 728 valence electrons. The van der Waals surface area contributed by atoms with E-state index in [0.29, 0.717) is 59.6 Å². The van der Waals surface area contributed by atoms with E-state index in [2.05, 4.69) is 96.3 Å². The molecule has 7 N–H and O–H groups in total. The van der Waals surface area contributed by atoms with Gasteiger partial charge in [-0.05, 0) is 169 Å². The number of amides is 7. The van der Waals surface area contributed by atoms with Gasteiger partial charge in [0, 0.05) is 97.5 Å². The van der Waals surface area contributed by atoms with E-state index in [0.717, 1.165) is 148 Å². The molecule has 7 unspecified atom stereocenters. The number of thioether (sulfide) groups is 1. The lowest BCUT2D eigenvalue weighted by atomic mass is 9.76. The Morgan fingerprint density at radius 1 is 0.647 bits per heavy atom. The standard InChI is InChI=1S/C39H40FN3O4.C21H24N2O3.C15H14N4O6.C14H20N2O3.C13H12N2O6S/c1-47-32-23-19-28(20-24-32)35-34(37(44)29-13-7-3-8-14-29)33(27-11-5-2-6-12-27)36(38(45)41-25-26-17-21-30(40)22-18-26)43(35)39(46)42-31-15-9-4-10-16-31;1-14(2)17-6-4-16(5-7-17)12-15(3)21-22-13-20(26-21)18-8-10-19(11-9-18)23(24)25;1-24-11-4-2-3-10(7-11)15(21)16-9-13(20)18-17-8-12-5-6-14(25-12)19(22)23;17-14(5-4-13-3-1-10-19-13)15-6-2-7-16-8-11-18-12-9-16;1-21-12(17)8-4-7(5-9(6-8)15(19)20)11(16)14-10-2-3-22-13(10)18/h2-3,5-8,11-14,17-24,31,33-36H,4,9-10,15-16,25H2,1H3,(H,41,45)(H,42,46);4-12,14,20-22H,13H2,1-3H3;2-8H,9H2,1H3,(H,16,21)(H,18,20);1,3-5,10H,2,6-9,11-12H2,(H,15,17);4-6,10H,2-3H2,1H3,(H,14,16)/b;15-12+;17-8+;5-4+;. The van der Waals surface area contributed by atoms with Crippen molar-refractivity contribution >= 4 is 99.8 Å². The van der Waals surface area contributed by atoms with Crippen LogP contribution in [0.4, 0.5) is 26.4 Å². The summed E-state index contributed by atoms with van der Waals surface area (Å²) in [6.45, 7) is 12.3. The lowest BCUT2D eigenvalue weighted by molar-refractivity contribution is -0.402. The molecule has 0 bridgehead atoms. The van der Waals surface area contributed by atoms with Crippen LogP contribution < -0.4 is 46.8 Å². The van der Waals surface area contributed by atoms with E-state index in [1.54, 1.807) is 85.0 Å². The number of halogens is 1. The first-order valence-corrected chi connectivity index (χ1v) is 46.1. The molecule has 5 aliphatic rings. The Labute approximate surface area is 805 Å². The van der Waals surface area contributed by atoms with E-state index in [4.69, 9.17) is 27.8 Å². The lowest BCUT2D eigenvalue weighted by Gasteiger charge is -2.34. The first kappa shape index (κ1) is 104. The minimum absolute atomic E-state index is 0.0188. The Morgan fingerprint density at radius 2 is 1.32 bits per heavy atom. The number of rotatable bonds is 31. The number of hydrogen-bond acceptors (Lipinski definition) is 26. The smallest absolute Gasteiger partial charge is 0.433 e. The number of benzene rings is 8. The third kappa shape index (κ3) is 31.2. The highest BCUT2D eigenvalue weighted by Gasteiger charge is 2.58. The van der Waals surface area contributed by atoms with E-state index in [1.807, 2.05) is 85.8 Å². The van der Waals surface area contributed by atoms with E-state index in [-0.39, 0.29) is 88.6 Å². The highest BCUT2D eigenvalue weighted by Crippen LogP contribution is 2.52. The maximum atomic E-state index is 14.7. The SMILES string of the molecule is C/C(=C\c1ccc(C(C)C)cc1)C1NCC(c2ccc([N+](=O)[O-])cc2)O1.COC(=O)c1cc(C(=O)NC2CCSC2=O)cc([N+](=O)[O-])c1.COc1ccc(C2C(C(=O)c3ccccc3)C(c3ccccc3)C(C(=O)NCc3ccc(F)cc3)N2C(=O)NC2CCCCC2)cc1.COc1cccc(C(=O)NCC(=O)N/N=C/c2ccc([N+](=O)[O-])o2)c1.O=C(/C=C/c1ccco1)NCCCN1CCOCC1. The van der Waals surface area contributed by atoms with Crippen molar-refractivity contribution < 1.29 is 94.8 Å². The molecule has 35 nitrogen and oxygen atoms in total. The summed E-state index contributed by atoms with van der Waals surface area (Å²) in [6, 6.07) is 60.1. The monoisotopic (exact) mass is 1920 g/mol. The average Bonchev–Trinajstić information content (AvgIpc) is 1.57. The number of ketones is 1. The predicted octanol–water partition coefficient (Wildman–Crippen LogP) is 15.4. The van der Waals surface area contributed by atoms with E-state index >= 15 is 0 Å². The average molecular weight is 1920 g/mol. The van der Waals surface area contributed by atoms with E-state index in [9.17, 15) is 77.9 Å². The molecule has 2 aromatic heterocycles. The molecule has 37 heteroatoms. The minimum atomic E-state index is -1.02. The van der Waals surface area contributed by atoms with Gasteiger partial charge < -0.3 is 64.0 Å². The number of carbonyl (C=O) groups excluding carboxylic acids is 9. The van der Waals surface area contributed by atoms with Crippen LogP contribution in [0, 0.1) is 42.1 Å². The van der Waals surface area contributed by atoms with Crippen LogP contribution >= 0.6 is 11.8 Å². The fourth-order valence-corrected chi connectivity index (χ4v) is 16.8. The van der Waals surface area contributed by atoms with Crippen molar-refractivity contribution in [1.82, 2.24) is 47.1 Å². The Bertz CT molecular complexity index is 5920. The maximum absolute atomic E-state index is 14.7. The number of nitro groups is 3. The third-order valence-corrected chi connectivity index (χ3v) is 24.1. The van der Waals surface area contributed by atoms with Gasteiger partial charge in [-0.1, -0.05) is 166 Å². The molecule has 4 aliphatic heterocycles. The molecule has 7 amide bonds. The first-order chi connectivity index (χ1) is 67.1. The Hall–Kier alpha value is -15.2. The largest absolute Gasteiger partial charge is 0.497 e. The van der Waals surface area contributed by atoms with Gasteiger partial charge in [-0.2, -0.15) is 5.10 Å². The molecular weight excluding hydrogens is 1810 g/mol. The summed E-state index contributed by atoms with van der Waals surface area (Å²) in [7, 11) is 4.20. The zero-order chi connectivity index (χ0) is 99.3. The number of non-ortho nitro benzene ring substituents is 2. The topological polar surface area (TPSA) is 459 Å². The number of carbonyl (C=O) groups is 9. The third-order valence-electron chi connectivity index (χ3n) is 23.1. The van der Waals surface area contributed by atoms with Crippen molar-refractivity contribution in [3.63, 3.8) is 0 Å². The number of likely N-dealkylation sites (tertiary alicyclic amines) is 1. The molecule has 1 saturated carbocycles. The van der Waals surface area contributed by atoms with Crippen molar-refractivity contribution in [3.05, 3.63) is 346 Å². The van der Waals surface area contributed by atoms with Gasteiger partial charge in [-0.15, -0.1) is 0 Å². The highest BCUT2D eigenvalue weighted by molar-refractivity contribution is 8.14. The number of hydrogen-bond donors (Lipinski definition) is 7. The Balaban J connectivity index is 0.000000174. The number of nitrogens with zero attached hydrogens (tertiary/aromatic N) is 6. The number of Topliss-reactive ketones (excluding diaryl/α,β-unsaturated/α-hetero) is 1. The van der Waals surface area contributed by atoms with E-state index in [1.165, 1.54) is 61.2 Å². The minimum Gasteiger partial charge on any atom is -0.497 e. The number of ether oxygens (including phenoxy) is 5. The molecule has 5 fully saturated rings. The summed E-state index contributed by atoms with van der Waals surface area (Å²) in [5.74, 6) is -2.22. The molecule has 15 rings (SSSR count). The van der Waals surface area contributed by atoms with Crippen molar-refractivity contribution in [2.45, 2.75) is 121 Å². The van der Waals surface area contributed by atoms with Gasteiger partial charge in [0.05, 0.1) is 99.1 Å². The number of hydrazone groups is 1. The molecule has 139 heavy (non-hydrogen) atoms. The number of urea groups is 1. The molecule has 8 aromatic carbocycles. The number of morpholine rings is 1. The molecule has 7 atom stereocenters. The fraction of sp³-hybridized carbons (Fsp3) is 0.314. The van der Waals surface area contributed by atoms with Crippen LogP contribution in [-0.2, 0) is 39.9 Å². The number of esters is 1. The van der Waals surface area contributed by atoms with Crippen LogP contribution in [0.1, 0.15) is 176 Å². The van der Waals surface area contributed by atoms with Crippen LogP contribution in [0.2, 0.25) is 0 Å². The van der Waals surface area contributed by atoms with Gasteiger partial charge >= 0.3 is 17.9 Å². The van der Waals surface area contributed by atoms with Gasteiger partial charge in [0.1, 0.15) is 40.3 Å². The second kappa shape index (κ2) is 52.8. The summed E-state index contributed by atoms with van der Waals surface area (Å²) in [5.41, 5.74) is 9.30. The summed E-state index contributed by atoms with van der Waals surface area (Å²) in [4.78, 5) is 148. The van der Waals surface area contributed by atoms with Crippen molar-refractivity contribution in [3.8, 4) is 11.5 Å². The van der Waals surface area contributed by atoms with Gasteiger partial charge in [0.15, 0.2) is 11.5 Å². The Kier molecular flexibility index (Phi) is 39.6. The molecule has 1 aliphatic carbocycles. The highest BCUT2D eigenvalue weighted by atomic mass is 32.2. The molecule has 0 radical (unpaired) electrons. The van der Waals surface area contributed by atoms with Gasteiger partial charge in [-0.25, -0.2) is 19.4 Å². The molecule has 6 heterocycles. The zero-order valence-electron chi connectivity index (χ0n) is 77.4. The summed E-state index contributed by atoms with van der Waals surface area (Å²) >= 11 is 1.13. The number of nitrogens with one attached hydrogen (secondary N) is 7. The van der Waals surface area contributed by atoms with Crippen molar-refractivity contribution in [2.75, 3.05) is 79.6 Å². The van der Waals surface area contributed by atoms with Gasteiger partial charge in [0.2, 0.25) is 16.9 Å². The van der Waals surface area contributed by atoms with Crippen molar-refractivity contribution in [1.29, 1.82) is 0 Å². The van der Waals surface area contributed by atoms with Crippen LogP contribution in [-0.4, -0.2) is 187 Å². The summed E-state index contributed by atoms with van der Waals surface area (Å²) in [5, 5.41) is 53.0. The fourth-order valence-electron chi connectivity index (χ4n) is 15.9. The van der Waals surface area contributed by atoms with Crippen LogP contribution in [0.5, 0.6) is 11.5 Å². The van der Waals surface area contributed by atoms with Crippen LogP contribution in [0.25, 0.3) is 12.2 Å². The second-order valence-electron chi connectivity index (χ2n) is 33.0. The first-order valence-electron chi connectivity index (χ1n) is 45.1. The van der Waals surface area contributed by atoms with Gasteiger partial charge in [0.25, 0.3) is 29.1 Å². The number of furan rings is 2. The number of nitro benzene ring substituents is 2. The summed E-state index contributed by atoms with van der Waals surface area (Å²) in [6.07, 6.45) is 14.1.